The lowest BCUT2D eigenvalue weighted by atomic mass is 10.1. The van der Waals surface area contributed by atoms with E-state index in [2.05, 4.69) is 12.2 Å². The molecule has 2 aliphatic rings. The highest BCUT2D eigenvalue weighted by Crippen LogP contribution is 2.32. The highest BCUT2D eigenvalue weighted by Gasteiger charge is 2.38. The van der Waals surface area contributed by atoms with Gasteiger partial charge in [-0.05, 0) is 31.4 Å². The molecule has 1 fully saturated rings. The van der Waals surface area contributed by atoms with Crippen molar-refractivity contribution in [3.63, 3.8) is 0 Å². The first kappa shape index (κ1) is 12.4. The molecule has 2 aliphatic heterocycles. The van der Waals surface area contributed by atoms with E-state index in [1.165, 1.54) is 6.07 Å². The molecule has 2 unspecified atom stereocenters. The number of nitrogens with zero attached hydrogens (tertiary/aromatic N) is 1. The first-order valence-corrected chi connectivity index (χ1v) is 7.26. The number of amides is 1. The van der Waals surface area contributed by atoms with Gasteiger partial charge in [0, 0.05) is 12.1 Å². The van der Waals surface area contributed by atoms with Crippen molar-refractivity contribution in [3.8, 4) is 0 Å². The van der Waals surface area contributed by atoms with Gasteiger partial charge in [-0.15, -0.1) is 0 Å². The zero-order valence-electron chi connectivity index (χ0n) is 11.5. The third kappa shape index (κ3) is 1.90. The van der Waals surface area contributed by atoms with E-state index < -0.39 is 0 Å². The highest BCUT2D eigenvalue weighted by molar-refractivity contribution is 5.94. The van der Waals surface area contributed by atoms with E-state index in [4.69, 9.17) is 4.42 Å². The Kier molecular flexibility index (Phi) is 2.70. The molecule has 2 aromatic rings. The molecule has 1 saturated heterocycles. The SMILES string of the molecule is O=C(c1cc(=O)c2ccccc2o1)N1C2C=CCC1CC2. The topological polar surface area (TPSA) is 50.5 Å². The van der Waals surface area contributed by atoms with Crippen LogP contribution in [0.3, 0.4) is 0 Å². The summed E-state index contributed by atoms with van der Waals surface area (Å²) in [5.74, 6) is -0.0272. The predicted octanol–water partition coefficient (Wildman–Crippen LogP) is 2.73. The number of rotatable bonds is 1. The maximum atomic E-state index is 12.7. The molecule has 4 nitrogen and oxygen atoms in total. The summed E-state index contributed by atoms with van der Waals surface area (Å²) in [5.41, 5.74) is 0.299. The fourth-order valence-electron chi connectivity index (χ4n) is 3.38. The van der Waals surface area contributed by atoms with E-state index in [9.17, 15) is 9.59 Å². The average molecular weight is 281 g/mol. The van der Waals surface area contributed by atoms with Gasteiger partial charge >= 0.3 is 0 Å². The van der Waals surface area contributed by atoms with Crippen LogP contribution in [-0.4, -0.2) is 22.9 Å². The Morgan fingerprint density at radius 2 is 2.10 bits per heavy atom. The van der Waals surface area contributed by atoms with Crippen LogP contribution < -0.4 is 5.43 Å². The lowest BCUT2D eigenvalue weighted by molar-refractivity contribution is 0.0656. The molecule has 1 amide bonds. The van der Waals surface area contributed by atoms with Crippen LogP contribution in [-0.2, 0) is 0 Å². The second kappa shape index (κ2) is 4.58. The van der Waals surface area contributed by atoms with Gasteiger partial charge in [-0.2, -0.15) is 0 Å². The molecule has 2 atom stereocenters. The summed E-state index contributed by atoms with van der Waals surface area (Å²) < 4.78 is 5.67. The van der Waals surface area contributed by atoms with Crippen LogP contribution in [0.25, 0.3) is 11.0 Å². The van der Waals surface area contributed by atoms with Crippen molar-refractivity contribution in [2.75, 3.05) is 0 Å². The van der Waals surface area contributed by atoms with Crippen LogP contribution in [0.1, 0.15) is 29.8 Å². The van der Waals surface area contributed by atoms with Crippen LogP contribution in [0.15, 0.2) is 51.7 Å². The molecule has 106 valence electrons. The Morgan fingerprint density at radius 3 is 2.95 bits per heavy atom. The standard InChI is InChI=1S/C17H15NO3/c19-14-10-16(21-15-7-2-1-6-13(14)15)17(20)18-11-4-3-5-12(18)9-8-11/h1-4,6-7,10-12H,5,8-9H2. The summed E-state index contributed by atoms with van der Waals surface area (Å²) in [6, 6.07) is 8.73. The van der Waals surface area contributed by atoms with Gasteiger partial charge < -0.3 is 9.32 Å². The zero-order chi connectivity index (χ0) is 14.4. The fourth-order valence-corrected chi connectivity index (χ4v) is 3.38. The van der Waals surface area contributed by atoms with Gasteiger partial charge in [0.15, 0.2) is 11.2 Å². The van der Waals surface area contributed by atoms with Crippen LogP contribution in [0, 0.1) is 0 Å². The van der Waals surface area contributed by atoms with Gasteiger partial charge in [0.05, 0.1) is 11.4 Å². The molecule has 0 N–H and O–H groups in total. The molecule has 21 heavy (non-hydrogen) atoms. The van der Waals surface area contributed by atoms with E-state index in [1.54, 1.807) is 24.3 Å². The van der Waals surface area contributed by atoms with Crippen LogP contribution in [0.4, 0.5) is 0 Å². The maximum absolute atomic E-state index is 12.7. The van der Waals surface area contributed by atoms with E-state index in [1.807, 2.05) is 4.90 Å². The van der Waals surface area contributed by atoms with Crippen molar-refractivity contribution >= 4 is 16.9 Å². The van der Waals surface area contributed by atoms with Gasteiger partial charge in [-0.3, -0.25) is 9.59 Å². The molecule has 2 bridgehead atoms. The van der Waals surface area contributed by atoms with E-state index in [0.29, 0.717) is 11.0 Å². The van der Waals surface area contributed by atoms with E-state index in [0.717, 1.165) is 19.3 Å². The van der Waals surface area contributed by atoms with Gasteiger partial charge in [0.25, 0.3) is 5.91 Å². The molecule has 4 rings (SSSR count). The molecule has 1 aromatic carbocycles. The minimum absolute atomic E-state index is 0.144. The van der Waals surface area contributed by atoms with Crippen molar-refractivity contribution in [3.05, 3.63) is 58.5 Å². The third-order valence-electron chi connectivity index (χ3n) is 4.39. The second-order valence-corrected chi connectivity index (χ2v) is 5.65. The fraction of sp³-hybridized carbons (Fsp3) is 0.294. The van der Waals surface area contributed by atoms with Gasteiger partial charge in [-0.25, -0.2) is 0 Å². The number of carbonyl (C=O) groups excluding carboxylic acids is 1. The Balaban J connectivity index is 1.78. The summed E-state index contributed by atoms with van der Waals surface area (Å²) in [5, 5.41) is 0.510. The first-order chi connectivity index (χ1) is 10.2. The largest absolute Gasteiger partial charge is 0.451 e. The monoisotopic (exact) mass is 281 g/mol. The van der Waals surface area contributed by atoms with Crippen molar-refractivity contribution in [2.45, 2.75) is 31.3 Å². The summed E-state index contributed by atoms with van der Waals surface area (Å²) >= 11 is 0. The Labute approximate surface area is 121 Å². The lowest BCUT2D eigenvalue weighted by Crippen LogP contribution is -2.42. The van der Waals surface area contributed by atoms with Gasteiger partial charge in [0.2, 0.25) is 0 Å². The number of para-hydroxylation sites is 1. The number of carbonyl (C=O) groups is 1. The molecule has 0 aliphatic carbocycles. The Hall–Kier alpha value is -2.36. The third-order valence-corrected chi connectivity index (χ3v) is 4.39. The summed E-state index contributed by atoms with van der Waals surface area (Å²) in [7, 11) is 0. The van der Waals surface area contributed by atoms with Crippen molar-refractivity contribution in [2.24, 2.45) is 0 Å². The van der Waals surface area contributed by atoms with Crippen LogP contribution in [0.5, 0.6) is 0 Å². The maximum Gasteiger partial charge on any atom is 0.290 e. The van der Waals surface area contributed by atoms with Crippen molar-refractivity contribution in [1.82, 2.24) is 4.90 Å². The molecule has 0 saturated carbocycles. The average Bonchev–Trinajstić information content (AvgIpc) is 2.75. The zero-order valence-corrected chi connectivity index (χ0v) is 11.5. The quantitative estimate of drug-likeness (QED) is 0.755. The summed E-state index contributed by atoms with van der Waals surface area (Å²) in [6.45, 7) is 0. The number of hydrogen-bond donors (Lipinski definition) is 0. The van der Waals surface area contributed by atoms with Crippen molar-refractivity contribution in [1.29, 1.82) is 0 Å². The number of benzene rings is 1. The second-order valence-electron chi connectivity index (χ2n) is 5.65. The highest BCUT2D eigenvalue weighted by atomic mass is 16.3. The lowest BCUT2D eigenvalue weighted by Gasteiger charge is -2.30. The Morgan fingerprint density at radius 1 is 1.24 bits per heavy atom. The molecule has 0 spiro atoms. The minimum Gasteiger partial charge on any atom is -0.451 e. The van der Waals surface area contributed by atoms with Crippen LogP contribution in [0.2, 0.25) is 0 Å². The van der Waals surface area contributed by atoms with Crippen molar-refractivity contribution < 1.29 is 9.21 Å². The van der Waals surface area contributed by atoms with E-state index >= 15 is 0 Å². The molecule has 0 radical (unpaired) electrons. The number of fused-ring (bicyclic) bond motifs is 3. The molecular formula is C17H15NO3. The predicted molar refractivity (Wildman–Crippen MR) is 79.2 cm³/mol. The smallest absolute Gasteiger partial charge is 0.290 e. The van der Waals surface area contributed by atoms with Gasteiger partial charge in [0.1, 0.15) is 5.58 Å². The normalized spacial score (nSPS) is 23.7. The minimum atomic E-state index is -0.172. The Bertz CT molecular complexity index is 805. The van der Waals surface area contributed by atoms with Crippen LogP contribution >= 0.6 is 0 Å². The number of hydrogen-bond acceptors (Lipinski definition) is 3. The molecule has 4 heteroatoms. The van der Waals surface area contributed by atoms with Gasteiger partial charge in [-0.1, -0.05) is 24.3 Å². The van der Waals surface area contributed by atoms with E-state index in [-0.39, 0.29) is 29.2 Å². The first-order valence-electron chi connectivity index (χ1n) is 7.26. The summed E-state index contributed by atoms with van der Waals surface area (Å²) in [6.07, 6.45) is 7.12. The summed E-state index contributed by atoms with van der Waals surface area (Å²) in [4.78, 5) is 26.7. The molecule has 1 aromatic heterocycles. The molecular weight excluding hydrogens is 266 g/mol. The molecule has 3 heterocycles.